The first-order valence-electron chi connectivity index (χ1n) is 9.74. The van der Waals surface area contributed by atoms with Gasteiger partial charge in [-0.05, 0) is 60.0 Å². The third-order valence-corrected chi connectivity index (χ3v) is 6.46. The Kier molecular flexibility index (Phi) is 5.08. The van der Waals surface area contributed by atoms with Gasteiger partial charge in [-0.3, -0.25) is 4.79 Å². The highest BCUT2D eigenvalue weighted by atomic mass is 35.5. The van der Waals surface area contributed by atoms with Gasteiger partial charge in [0.25, 0.3) is 5.91 Å². The minimum atomic E-state index is -0.403. The first-order chi connectivity index (χ1) is 14.6. The molecule has 2 aliphatic rings. The normalized spacial score (nSPS) is 19.7. The van der Waals surface area contributed by atoms with Crippen LogP contribution in [0.15, 0.2) is 57.3 Å². The third kappa shape index (κ3) is 3.75. The summed E-state index contributed by atoms with van der Waals surface area (Å²) in [6, 6.07) is 11.2. The molecule has 0 unspecified atom stereocenters. The van der Waals surface area contributed by atoms with Crippen molar-refractivity contribution < 1.29 is 9.21 Å². The van der Waals surface area contributed by atoms with Gasteiger partial charge in [0.2, 0.25) is 5.16 Å². The van der Waals surface area contributed by atoms with Crippen LogP contribution in [0.25, 0.3) is 0 Å². The Bertz CT molecular complexity index is 1080. The zero-order valence-corrected chi connectivity index (χ0v) is 17.8. The number of amides is 1. The largest absolute Gasteiger partial charge is 0.467 e. The summed E-state index contributed by atoms with van der Waals surface area (Å²) in [5, 5.41) is 19.0. The van der Waals surface area contributed by atoms with Crippen LogP contribution in [0, 0.1) is 0 Å². The molecule has 1 fully saturated rings. The Morgan fingerprint density at radius 3 is 2.77 bits per heavy atom. The zero-order valence-electron chi connectivity index (χ0n) is 16.2. The maximum absolute atomic E-state index is 13.4. The fraction of sp³-hybridized carbons (Fsp3) is 0.350. The average molecular weight is 443 g/mol. The van der Waals surface area contributed by atoms with Crippen molar-refractivity contribution in [3.05, 3.63) is 59.0 Å². The Balaban J connectivity index is 1.40. The van der Waals surface area contributed by atoms with Crippen molar-refractivity contribution in [1.29, 1.82) is 0 Å². The van der Waals surface area contributed by atoms with E-state index in [1.54, 1.807) is 6.26 Å². The highest BCUT2D eigenvalue weighted by molar-refractivity contribution is 8.00. The molecule has 0 saturated heterocycles. The molecule has 0 bridgehead atoms. The van der Waals surface area contributed by atoms with Crippen LogP contribution in [0.5, 0.6) is 0 Å². The number of carbonyl (C=O) groups excluding carboxylic acids is 1. The number of furan rings is 1. The minimum Gasteiger partial charge on any atom is -0.467 e. The van der Waals surface area contributed by atoms with Crippen molar-refractivity contribution in [2.75, 3.05) is 0 Å². The molecule has 1 amide bonds. The zero-order chi connectivity index (χ0) is 20.7. The van der Waals surface area contributed by atoms with E-state index in [2.05, 4.69) is 20.6 Å². The lowest BCUT2D eigenvalue weighted by molar-refractivity contribution is -0.132. The maximum atomic E-state index is 13.4. The summed E-state index contributed by atoms with van der Waals surface area (Å²) in [7, 11) is 0. The molecule has 8 nitrogen and oxygen atoms in total. The fourth-order valence-electron chi connectivity index (χ4n) is 3.44. The predicted molar refractivity (Wildman–Crippen MR) is 112 cm³/mol. The van der Waals surface area contributed by atoms with E-state index in [0.29, 0.717) is 28.4 Å². The Morgan fingerprint density at radius 1 is 1.27 bits per heavy atom. The van der Waals surface area contributed by atoms with Gasteiger partial charge in [0, 0.05) is 11.4 Å². The highest BCUT2D eigenvalue weighted by Crippen LogP contribution is 2.39. The standard InChI is InChI=1S/C20H19ClN6O2S/c1-12(30-20-22-24-25-26(20)15-8-9-15)19(28)27-17(18-3-2-10-29-18)11-16(23-27)13-4-6-14(21)7-5-13/h2-7,10,12,15,17H,8-9,11H2,1H3/t12-,17-/m0/s1. The Hall–Kier alpha value is -2.65. The quantitative estimate of drug-likeness (QED) is 0.533. The summed E-state index contributed by atoms with van der Waals surface area (Å²) in [5.74, 6) is 0.590. The van der Waals surface area contributed by atoms with Crippen LogP contribution in [0.4, 0.5) is 0 Å². The van der Waals surface area contributed by atoms with E-state index in [4.69, 9.17) is 16.0 Å². The number of thioether (sulfide) groups is 1. The van der Waals surface area contributed by atoms with Crippen molar-refractivity contribution >= 4 is 35.0 Å². The first kappa shape index (κ1) is 19.3. The van der Waals surface area contributed by atoms with Gasteiger partial charge in [-0.2, -0.15) is 5.10 Å². The molecule has 1 saturated carbocycles. The fourth-order valence-corrected chi connectivity index (χ4v) is 4.47. The lowest BCUT2D eigenvalue weighted by Crippen LogP contribution is -2.33. The topological polar surface area (TPSA) is 89.4 Å². The molecule has 10 heteroatoms. The van der Waals surface area contributed by atoms with Gasteiger partial charge < -0.3 is 4.42 Å². The van der Waals surface area contributed by atoms with Crippen LogP contribution >= 0.6 is 23.4 Å². The van der Waals surface area contributed by atoms with Gasteiger partial charge in [0.1, 0.15) is 11.8 Å². The van der Waals surface area contributed by atoms with E-state index < -0.39 is 5.25 Å². The molecule has 30 heavy (non-hydrogen) atoms. The van der Waals surface area contributed by atoms with Crippen LogP contribution < -0.4 is 0 Å². The molecule has 1 aliphatic heterocycles. The van der Waals surface area contributed by atoms with E-state index in [0.717, 1.165) is 24.1 Å². The molecule has 2 atom stereocenters. The number of tetrazole rings is 1. The number of hydrogen-bond donors (Lipinski definition) is 0. The molecular formula is C20H19ClN6O2S. The van der Waals surface area contributed by atoms with Crippen LogP contribution in [-0.2, 0) is 4.79 Å². The van der Waals surface area contributed by atoms with Gasteiger partial charge in [0.05, 0.1) is 23.3 Å². The summed E-state index contributed by atoms with van der Waals surface area (Å²) in [4.78, 5) is 13.4. The second kappa shape index (κ2) is 7.88. The molecule has 0 radical (unpaired) electrons. The molecule has 0 spiro atoms. The highest BCUT2D eigenvalue weighted by Gasteiger charge is 2.38. The number of hydrazone groups is 1. The van der Waals surface area contributed by atoms with Crippen molar-refractivity contribution in [2.45, 2.75) is 48.7 Å². The molecule has 3 heterocycles. The maximum Gasteiger partial charge on any atom is 0.256 e. The van der Waals surface area contributed by atoms with Crippen molar-refractivity contribution in [3.63, 3.8) is 0 Å². The summed E-state index contributed by atoms with van der Waals surface area (Å²) < 4.78 is 7.42. The van der Waals surface area contributed by atoms with Crippen molar-refractivity contribution in [1.82, 2.24) is 25.2 Å². The number of halogens is 1. The van der Waals surface area contributed by atoms with Gasteiger partial charge >= 0.3 is 0 Å². The number of aromatic nitrogens is 4. The molecule has 3 aromatic rings. The SMILES string of the molecule is C[C@H](Sc1nnnn1C1CC1)C(=O)N1N=C(c2ccc(Cl)cc2)C[C@H]1c1ccco1. The second-order valence-corrected chi connectivity index (χ2v) is 9.11. The van der Waals surface area contributed by atoms with E-state index in [1.165, 1.54) is 16.8 Å². The van der Waals surface area contributed by atoms with Crippen molar-refractivity contribution in [2.24, 2.45) is 5.10 Å². The smallest absolute Gasteiger partial charge is 0.256 e. The summed E-state index contributed by atoms with van der Waals surface area (Å²) in [6.45, 7) is 1.86. The van der Waals surface area contributed by atoms with Crippen LogP contribution in [0.1, 0.15) is 49.6 Å². The predicted octanol–water partition coefficient (Wildman–Crippen LogP) is 4.11. The van der Waals surface area contributed by atoms with Gasteiger partial charge in [-0.15, -0.1) is 5.10 Å². The summed E-state index contributed by atoms with van der Waals surface area (Å²) >= 11 is 7.37. The molecule has 154 valence electrons. The Labute approximate surface area is 182 Å². The van der Waals surface area contributed by atoms with Gasteiger partial charge in [-0.1, -0.05) is 35.5 Å². The number of benzene rings is 1. The third-order valence-electron chi connectivity index (χ3n) is 5.17. The molecule has 2 aromatic heterocycles. The van der Waals surface area contributed by atoms with Crippen molar-refractivity contribution in [3.8, 4) is 0 Å². The van der Waals surface area contributed by atoms with E-state index in [9.17, 15) is 4.79 Å². The molecule has 1 aromatic carbocycles. The first-order valence-corrected chi connectivity index (χ1v) is 11.0. The van der Waals surface area contributed by atoms with Gasteiger partial charge in [0.15, 0.2) is 0 Å². The van der Waals surface area contributed by atoms with Crippen LogP contribution in [0.2, 0.25) is 5.02 Å². The summed E-state index contributed by atoms with van der Waals surface area (Å²) in [5.41, 5.74) is 1.76. The minimum absolute atomic E-state index is 0.115. The lowest BCUT2D eigenvalue weighted by Gasteiger charge is -2.22. The second-order valence-electron chi connectivity index (χ2n) is 7.37. The molecule has 0 N–H and O–H groups in total. The Morgan fingerprint density at radius 2 is 2.07 bits per heavy atom. The number of rotatable bonds is 6. The van der Waals surface area contributed by atoms with E-state index in [1.807, 2.05) is 48.0 Å². The summed E-state index contributed by atoms with van der Waals surface area (Å²) in [6.07, 6.45) is 4.32. The number of hydrogen-bond acceptors (Lipinski definition) is 7. The van der Waals surface area contributed by atoms with E-state index in [-0.39, 0.29) is 11.9 Å². The monoisotopic (exact) mass is 442 g/mol. The van der Waals surface area contributed by atoms with Gasteiger partial charge in [-0.25, -0.2) is 9.69 Å². The molecule has 5 rings (SSSR count). The average Bonchev–Trinajstić information content (AvgIpc) is 3.15. The molecular weight excluding hydrogens is 424 g/mol. The molecule has 1 aliphatic carbocycles. The van der Waals surface area contributed by atoms with Crippen LogP contribution in [0.3, 0.4) is 0 Å². The van der Waals surface area contributed by atoms with Crippen LogP contribution in [-0.4, -0.2) is 42.1 Å². The lowest BCUT2D eigenvalue weighted by atomic mass is 10.0. The number of carbonyl (C=O) groups is 1. The van der Waals surface area contributed by atoms with E-state index >= 15 is 0 Å². The number of nitrogens with zero attached hydrogens (tertiary/aromatic N) is 6.